The first kappa shape index (κ1) is 17.4. The number of fused-ring (bicyclic) bond motifs is 3. The zero-order valence-electron chi connectivity index (χ0n) is 16.3. The third-order valence-corrected chi connectivity index (χ3v) is 6.44. The molecule has 0 saturated carbocycles. The van der Waals surface area contributed by atoms with Gasteiger partial charge in [-0.2, -0.15) is 0 Å². The third-order valence-electron chi connectivity index (χ3n) is 6.44. The summed E-state index contributed by atoms with van der Waals surface area (Å²) in [6, 6.07) is 24.1. The van der Waals surface area contributed by atoms with Gasteiger partial charge in [0.25, 0.3) is 0 Å². The van der Waals surface area contributed by atoms with Crippen molar-refractivity contribution >= 4 is 5.82 Å². The van der Waals surface area contributed by atoms with E-state index in [4.69, 9.17) is 0 Å². The molecular weight excluding hydrogens is 344 g/mol. The second kappa shape index (κ2) is 7.36. The van der Waals surface area contributed by atoms with Gasteiger partial charge in [-0.1, -0.05) is 54.6 Å². The lowest BCUT2D eigenvalue weighted by Gasteiger charge is -2.50. The fourth-order valence-corrected chi connectivity index (χ4v) is 4.74. The van der Waals surface area contributed by atoms with E-state index in [1.54, 1.807) is 0 Å². The molecule has 2 bridgehead atoms. The van der Waals surface area contributed by atoms with Crippen molar-refractivity contribution in [2.75, 3.05) is 18.4 Å². The summed E-state index contributed by atoms with van der Waals surface area (Å²) < 4.78 is 0. The molecule has 1 aromatic heterocycles. The molecule has 1 N–H and O–H groups in total. The van der Waals surface area contributed by atoms with Gasteiger partial charge in [-0.3, -0.25) is 4.90 Å². The molecule has 142 valence electrons. The van der Waals surface area contributed by atoms with E-state index in [0.717, 1.165) is 23.0 Å². The van der Waals surface area contributed by atoms with Crippen LogP contribution in [-0.4, -0.2) is 40.3 Å². The Morgan fingerprint density at radius 2 is 1.46 bits per heavy atom. The van der Waals surface area contributed by atoms with Crippen LogP contribution in [0.25, 0.3) is 22.4 Å². The lowest BCUT2D eigenvalue weighted by Crippen LogP contribution is -2.59. The molecule has 4 nitrogen and oxygen atoms in total. The minimum atomic E-state index is 0.479. The molecule has 6 rings (SSSR count). The van der Waals surface area contributed by atoms with Gasteiger partial charge in [0.15, 0.2) is 0 Å². The molecule has 2 aromatic carbocycles. The minimum absolute atomic E-state index is 0.479. The van der Waals surface area contributed by atoms with Crippen molar-refractivity contribution < 1.29 is 0 Å². The van der Waals surface area contributed by atoms with Crippen LogP contribution in [0, 0.1) is 5.92 Å². The van der Waals surface area contributed by atoms with E-state index < -0.39 is 0 Å². The normalized spacial score (nSPS) is 26.2. The van der Waals surface area contributed by atoms with Crippen molar-refractivity contribution in [1.29, 1.82) is 0 Å². The van der Waals surface area contributed by atoms with E-state index in [-0.39, 0.29) is 0 Å². The number of aromatic nitrogens is 2. The van der Waals surface area contributed by atoms with Crippen LogP contribution < -0.4 is 5.32 Å². The van der Waals surface area contributed by atoms with E-state index in [2.05, 4.69) is 88.0 Å². The number of hydrogen-bond donors (Lipinski definition) is 1. The van der Waals surface area contributed by atoms with E-state index >= 15 is 0 Å². The molecule has 4 heteroatoms. The van der Waals surface area contributed by atoms with Crippen LogP contribution in [0.2, 0.25) is 0 Å². The summed E-state index contributed by atoms with van der Waals surface area (Å²) in [5, 5.41) is 12.6. The van der Waals surface area contributed by atoms with Gasteiger partial charge in [-0.25, -0.2) is 0 Å². The molecule has 0 spiro atoms. The van der Waals surface area contributed by atoms with Gasteiger partial charge in [0.05, 0.1) is 5.69 Å². The Morgan fingerprint density at radius 3 is 2.11 bits per heavy atom. The highest BCUT2D eigenvalue weighted by atomic mass is 15.2. The smallest absolute Gasteiger partial charge is 0.148 e. The Kier molecular flexibility index (Phi) is 4.57. The van der Waals surface area contributed by atoms with Gasteiger partial charge in [0, 0.05) is 17.6 Å². The minimum Gasteiger partial charge on any atom is -0.364 e. The summed E-state index contributed by atoms with van der Waals surface area (Å²) in [7, 11) is 0. The Hall–Kier alpha value is -2.72. The number of piperidine rings is 3. The van der Waals surface area contributed by atoms with Gasteiger partial charge in [-0.15, -0.1) is 10.2 Å². The van der Waals surface area contributed by atoms with Crippen LogP contribution in [0.15, 0.2) is 66.7 Å². The van der Waals surface area contributed by atoms with Crippen LogP contribution in [0.5, 0.6) is 0 Å². The molecule has 28 heavy (non-hydrogen) atoms. The molecule has 0 unspecified atom stereocenters. The van der Waals surface area contributed by atoms with Gasteiger partial charge in [0.1, 0.15) is 5.82 Å². The fourth-order valence-electron chi connectivity index (χ4n) is 4.74. The fraction of sp³-hybridized carbons (Fsp3) is 0.333. The highest BCUT2D eigenvalue weighted by molar-refractivity contribution is 5.68. The molecule has 3 aliphatic rings. The zero-order valence-corrected chi connectivity index (χ0v) is 16.3. The van der Waals surface area contributed by atoms with Crippen LogP contribution in [0.3, 0.4) is 0 Å². The summed E-state index contributed by atoms with van der Waals surface area (Å²) in [6.07, 6.45) is 2.59. The summed E-state index contributed by atoms with van der Waals surface area (Å²) in [4.78, 5) is 2.59. The van der Waals surface area contributed by atoms with E-state index in [0.29, 0.717) is 12.1 Å². The van der Waals surface area contributed by atoms with Gasteiger partial charge < -0.3 is 5.32 Å². The van der Waals surface area contributed by atoms with Crippen molar-refractivity contribution in [2.24, 2.45) is 5.92 Å². The summed E-state index contributed by atoms with van der Waals surface area (Å²) >= 11 is 0. The average molecular weight is 371 g/mol. The maximum absolute atomic E-state index is 4.48. The Labute approximate surface area is 166 Å². The third kappa shape index (κ3) is 3.29. The molecule has 3 saturated heterocycles. The highest BCUT2D eigenvalue weighted by Gasteiger charge is 2.39. The van der Waals surface area contributed by atoms with Crippen molar-refractivity contribution in [2.45, 2.75) is 31.8 Å². The first-order chi connectivity index (χ1) is 13.8. The summed E-state index contributed by atoms with van der Waals surface area (Å²) in [5.74, 6) is 1.64. The number of nitrogens with one attached hydrogen (secondary N) is 1. The SMILES string of the molecule is C[C@@H]1[C@H](Nc2ccc(-c3ccc(-c4ccccc4)cc3)nn2)C2CCN1CC2. The second-order valence-corrected chi connectivity index (χ2v) is 8.03. The highest BCUT2D eigenvalue weighted by Crippen LogP contribution is 2.34. The molecule has 4 heterocycles. The number of hydrogen-bond acceptors (Lipinski definition) is 4. The molecule has 2 atom stereocenters. The van der Waals surface area contributed by atoms with Gasteiger partial charge in [-0.05, 0) is 62.0 Å². The largest absolute Gasteiger partial charge is 0.364 e. The molecule has 0 amide bonds. The van der Waals surface area contributed by atoms with Crippen molar-refractivity contribution in [3.8, 4) is 22.4 Å². The maximum atomic E-state index is 4.48. The predicted octanol–water partition coefficient (Wildman–Crippen LogP) is 4.71. The van der Waals surface area contributed by atoms with E-state index in [9.17, 15) is 0 Å². The summed E-state index contributed by atoms with van der Waals surface area (Å²) in [6.45, 7) is 4.82. The van der Waals surface area contributed by atoms with Crippen LogP contribution >= 0.6 is 0 Å². The van der Waals surface area contributed by atoms with Gasteiger partial charge >= 0.3 is 0 Å². The lowest BCUT2D eigenvalue weighted by molar-refractivity contribution is 0.0457. The Bertz CT molecular complexity index is 911. The molecule has 0 aliphatic carbocycles. The second-order valence-electron chi connectivity index (χ2n) is 8.03. The number of benzene rings is 2. The molecular formula is C24H26N4. The van der Waals surface area contributed by atoms with Crippen molar-refractivity contribution in [1.82, 2.24) is 15.1 Å². The number of rotatable bonds is 4. The molecule has 0 radical (unpaired) electrons. The number of nitrogens with zero attached hydrogens (tertiary/aromatic N) is 3. The van der Waals surface area contributed by atoms with Crippen LogP contribution in [-0.2, 0) is 0 Å². The molecule has 3 aliphatic heterocycles. The first-order valence-electron chi connectivity index (χ1n) is 10.3. The Morgan fingerprint density at radius 1 is 0.786 bits per heavy atom. The topological polar surface area (TPSA) is 41.1 Å². The van der Waals surface area contributed by atoms with E-state index in [1.807, 2.05) is 6.07 Å². The number of anilines is 1. The van der Waals surface area contributed by atoms with E-state index in [1.165, 1.54) is 37.1 Å². The van der Waals surface area contributed by atoms with Gasteiger partial charge in [0.2, 0.25) is 0 Å². The quantitative estimate of drug-likeness (QED) is 0.722. The zero-order chi connectivity index (χ0) is 18.9. The van der Waals surface area contributed by atoms with Crippen LogP contribution in [0.4, 0.5) is 5.82 Å². The van der Waals surface area contributed by atoms with Crippen LogP contribution in [0.1, 0.15) is 19.8 Å². The molecule has 3 fully saturated rings. The van der Waals surface area contributed by atoms with Crippen molar-refractivity contribution in [3.05, 3.63) is 66.7 Å². The summed E-state index contributed by atoms with van der Waals surface area (Å²) in [5.41, 5.74) is 4.44. The first-order valence-corrected chi connectivity index (χ1v) is 10.3. The Balaban J connectivity index is 1.30. The average Bonchev–Trinajstić information content (AvgIpc) is 2.78. The maximum Gasteiger partial charge on any atom is 0.148 e. The standard InChI is InChI=1S/C24H26N4/c1-17-24(21-13-15-28(17)16-14-21)25-23-12-11-22(26-27-23)20-9-7-19(8-10-20)18-5-3-2-4-6-18/h2-12,17,21,24H,13-16H2,1H3,(H,25,27)/t17-,24+/m1/s1. The predicted molar refractivity (Wildman–Crippen MR) is 114 cm³/mol. The molecule has 3 aromatic rings. The van der Waals surface area contributed by atoms with Crippen molar-refractivity contribution in [3.63, 3.8) is 0 Å². The monoisotopic (exact) mass is 370 g/mol. The lowest BCUT2D eigenvalue weighted by atomic mass is 9.79.